The molecule has 0 unspecified atom stereocenters. The molecule has 186 valence electrons. The van der Waals surface area contributed by atoms with Gasteiger partial charge >= 0.3 is 0 Å². The van der Waals surface area contributed by atoms with Crippen LogP contribution in [0, 0.1) is 13.8 Å². The van der Waals surface area contributed by atoms with Crippen LogP contribution in [0.1, 0.15) is 38.2 Å². The molecule has 5 N–H and O–H groups in total. The summed E-state index contributed by atoms with van der Waals surface area (Å²) in [7, 11) is -3.94. The van der Waals surface area contributed by atoms with Crippen molar-refractivity contribution in [3.05, 3.63) is 76.3 Å². The van der Waals surface area contributed by atoms with Gasteiger partial charge in [-0.1, -0.05) is 23.4 Å². The molecule has 1 amide bonds. The fourth-order valence-corrected chi connectivity index (χ4v) is 5.35. The van der Waals surface area contributed by atoms with E-state index in [-0.39, 0.29) is 32.7 Å². The van der Waals surface area contributed by atoms with E-state index in [9.17, 15) is 18.0 Å². The molecule has 2 aromatic carbocycles. The predicted molar refractivity (Wildman–Crippen MR) is 140 cm³/mol. The summed E-state index contributed by atoms with van der Waals surface area (Å²) in [6.45, 7) is 4.77. The van der Waals surface area contributed by atoms with Crippen LogP contribution in [0.4, 0.5) is 27.9 Å². The fraction of sp³-hybridized carbons (Fsp3) is 0.125. The first-order valence-corrected chi connectivity index (χ1v) is 13.0. The molecular weight excluding hydrogens is 502 g/mol. The second-order valence-electron chi connectivity index (χ2n) is 7.90. The molecule has 0 saturated carbocycles. The van der Waals surface area contributed by atoms with Crippen molar-refractivity contribution in [3.8, 4) is 0 Å². The number of hydrogen-bond acceptors (Lipinski definition) is 9. The van der Waals surface area contributed by atoms with E-state index in [1.807, 2.05) is 30.3 Å². The minimum atomic E-state index is -3.94. The molecule has 4 rings (SSSR count). The Bertz CT molecular complexity index is 1540. The van der Waals surface area contributed by atoms with Crippen LogP contribution in [0.3, 0.4) is 0 Å². The standard InChI is InChI=1S/C24H23N5O5S2/c1-13-14(2)28-34-23(13)29-36(32,33)18-11-9-17(10-12-18)26-22(31)19-20(25)21(15(3)30)35-24(19)27-16-7-5-4-6-8-16/h4-12,27,29H,25H2,1-3H3,(H,26,31). The molecule has 0 radical (unpaired) electrons. The molecule has 0 spiro atoms. The van der Waals surface area contributed by atoms with Gasteiger partial charge in [-0.3, -0.25) is 9.59 Å². The monoisotopic (exact) mass is 525 g/mol. The number of nitrogens with two attached hydrogens (primary N) is 1. The van der Waals surface area contributed by atoms with Gasteiger partial charge in [0.15, 0.2) is 5.78 Å². The number of aryl methyl sites for hydroxylation is 1. The zero-order chi connectivity index (χ0) is 26.0. The molecular formula is C24H23N5O5S2. The van der Waals surface area contributed by atoms with Gasteiger partial charge in [0, 0.05) is 23.9 Å². The van der Waals surface area contributed by atoms with Crippen LogP contribution < -0.4 is 21.1 Å². The third-order valence-electron chi connectivity index (χ3n) is 5.33. The third kappa shape index (κ3) is 5.09. The van der Waals surface area contributed by atoms with Crippen LogP contribution in [-0.4, -0.2) is 25.3 Å². The first kappa shape index (κ1) is 24.9. The van der Waals surface area contributed by atoms with Gasteiger partial charge in [0.1, 0.15) is 5.00 Å². The van der Waals surface area contributed by atoms with E-state index in [1.165, 1.54) is 31.2 Å². The zero-order valence-corrected chi connectivity index (χ0v) is 21.2. The second kappa shape index (κ2) is 9.84. The Kier molecular flexibility index (Phi) is 6.82. The lowest BCUT2D eigenvalue weighted by atomic mass is 10.2. The van der Waals surface area contributed by atoms with Crippen LogP contribution in [-0.2, 0) is 10.0 Å². The normalized spacial score (nSPS) is 11.2. The highest BCUT2D eigenvalue weighted by molar-refractivity contribution is 7.92. The predicted octanol–water partition coefficient (Wildman–Crippen LogP) is 4.93. The van der Waals surface area contributed by atoms with Crippen LogP contribution >= 0.6 is 11.3 Å². The molecule has 0 aliphatic carbocycles. The van der Waals surface area contributed by atoms with E-state index in [4.69, 9.17) is 10.3 Å². The largest absolute Gasteiger partial charge is 0.397 e. The van der Waals surface area contributed by atoms with Crippen LogP contribution in [0.25, 0.3) is 0 Å². The Balaban J connectivity index is 1.56. The lowest BCUT2D eigenvalue weighted by Gasteiger charge is -2.10. The maximum Gasteiger partial charge on any atom is 0.264 e. The van der Waals surface area contributed by atoms with Gasteiger partial charge in [-0.05, 0) is 50.2 Å². The van der Waals surface area contributed by atoms with E-state index >= 15 is 0 Å². The number of hydrogen-bond donors (Lipinski definition) is 4. The molecule has 36 heavy (non-hydrogen) atoms. The van der Waals surface area contributed by atoms with Crippen LogP contribution in [0.5, 0.6) is 0 Å². The van der Waals surface area contributed by atoms with Crippen LogP contribution in [0.15, 0.2) is 64.0 Å². The van der Waals surface area contributed by atoms with Gasteiger partial charge in [0.25, 0.3) is 15.9 Å². The summed E-state index contributed by atoms with van der Waals surface area (Å²) in [5.74, 6) is -0.763. The average molecular weight is 526 g/mol. The summed E-state index contributed by atoms with van der Waals surface area (Å²) in [5.41, 5.74) is 8.59. The van der Waals surface area contributed by atoms with Crippen molar-refractivity contribution in [2.75, 3.05) is 21.1 Å². The molecule has 0 bridgehead atoms. The topological polar surface area (TPSA) is 156 Å². The third-order valence-corrected chi connectivity index (χ3v) is 7.90. The van der Waals surface area contributed by atoms with Gasteiger partial charge in [-0.15, -0.1) is 11.3 Å². The van der Waals surface area contributed by atoms with E-state index in [1.54, 1.807) is 13.8 Å². The van der Waals surface area contributed by atoms with E-state index in [0.29, 0.717) is 21.9 Å². The van der Waals surface area contributed by atoms with Gasteiger partial charge in [0.05, 0.1) is 26.7 Å². The summed E-state index contributed by atoms with van der Waals surface area (Å²) in [5, 5.41) is 10.0. The molecule has 0 fully saturated rings. The van der Waals surface area contributed by atoms with Crippen molar-refractivity contribution >= 4 is 61.0 Å². The van der Waals surface area contributed by atoms with E-state index < -0.39 is 15.9 Å². The van der Waals surface area contributed by atoms with Gasteiger partial charge in [0.2, 0.25) is 5.88 Å². The number of nitrogens with one attached hydrogen (secondary N) is 3. The number of carbonyl (C=O) groups is 2. The summed E-state index contributed by atoms with van der Waals surface area (Å²) < 4.78 is 32.8. The number of ketones is 1. The molecule has 2 aromatic heterocycles. The molecule has 0 aliphatic rings. The number of nitrogens with zero attached hydrogens (tertiary/aromatic N) is 1. The van der Waals surface area contributed by atoms with E-state index in [2.05, 4.69) is 20.5 Å². The highest BCUT2D eigenvalue weighted by atomic mass is 32.2. The van der Waals surface area contributed by atoms with Crippen molar-refractivity contribution in [1.82, 2.24) is 5.16 Å². The number of Topliss-reactive ketones (excluding diaryl/α,β-unsaturated/α-hetero) is 1. The molecule has 0 aliphatic heterocycles. The minimum Gasteiger partial charge on any atom is -0.397 e. The highest BCUT2D eigenvalue weighted by Gasteiger charge is 2.25. The van der Waals surface area contributed by atoms with Crippen molar-refractivity contribution in [2.24, 2.45) is 0 Å². The quantitative estimate of drug-likeness (QED) is 0.236. The molecule has 0 saturated heterocycles. The molecule has 10 nitrogen and oxygen atoms in total. The summed E-state index contributed by atoms with van der Waals surface area (Å²) in [6.07, 6.45) is 0. The van der Waals surface area contributed by atoms with Crippen molar-refractivity contribution < 1.29 is 22.5 Å². The number of benzene rings is 2. The Morgan fingerprint density at radius 2 is 1.67 bits per heavy atom. The van der Waals surface area contributed by atoms with Crippen LogP contribution in [0.2, 0.25) is 0 Å². The van der Waals surface area contributed by atoms with Gasteiger partial charge in [-0.25, -0.2) is 13.1 Å². The SMILES string of the molecule is CC(=O)c1sc(Nc2ccccc2)c(C(=O)Nc2ccc(S(=O)(=O)Nc3onc(C)c3C)cc2)c1N. The zero-order valence-electron chi connectivity index (χ0n) is 19.6. The Morgan fingerprint density at radius 3 is 2.25 bits per heavy atom. The van der Waals surface area contributed by atoms with Crippen molar-refractivity contribution in [2.45, 2.75) is 25.7 Å². The number of rotatable bonds is 8. The number of anilines is 5. The fourth-order valence-electron chi connectivity index (χ4n) is 3.27. The number of para-hydroxylation sites is 1. The Morgan fingerprint density at radius 1 is 1.00 bits per heavy atom. The smallest absolute Gasteiger partial charge is 0.264 e. The first-order chi connectivity index (χ1) is 17.1. The van der Waals surface area contributed by atoms with Gasteiger partial charge in [-0.2, -0.15) is 0 Å². The highest BCUT2D eigenvalue weighted by Crippen LogP contribution is 2.38. The maximum atomic E-state index is 13.2. The summed E-state index contributed by atoms with van der Waals surface area (Å²) in [6, 6.07) is 14.7. The number of nitrogen functional groups attached to an aromatic ring is 1. The molecule has 2 heterocycles. The lowest BCUT2D eigenvalue weighted by Crippen LogP contribution is -2.16. The number of sulfonamides is 1. The maximum absolute atomic E-state index is 13.2. The molecule has 4 aromatic rings. The molecule has 0 atom stereocenters. The van der Waals surface area contributed by atoms with Gasteiger partial charge < -0.3 is 20.9 Å². The minimum absolute atomic E-state index is 0.0331. The number of carbonyl (C=O) groups excluding carboxylic acids is 2. The van der Waals surface area contributed by atoms with Crippen molar-refractivity contribution in [3.63, 3.8) is 0 Å². The number of amides is 1. The summed E-state index contributed by atoms with van der Waals surface area (Å²) >= 11 is 1.09. The number of aromatic nitrogens is 1. The summed E-state index contributed by atoms with van der Waals surface area (Å²) in [4.78, 5) is 25.4. The number of thiophene rings is 1. The molecule has 12 heteroatoms. The lowest BCUT2D eigenvalue weighted by molar-refractivity contribution is 0.102. The first-order valence-electron chi connectivity index (χ1n) is 10.7. The Hall–Kier alpha value is -4.16. The van der Waals surface area contributed by atoms with E-state index in [0.717, 1.165) is 17.0 Å². The average Bonchev–Trinajstić information content (AvgIpc) is 3.33. The van der Waals surface area contributed by atoms with Crippen molar-refractivity contribution in [1.29, 1.82) is 0 Å². The Labute approximate surface area is 211 Å². The second-order valence-corrected chi connectivity index (χ2v) is 10.6.